The Morgan fingerprint density at radius 3 is 2.45 bits per heavy atom. The Bertz CT molecular complexity index is 719. The summed E-state index contributed by atoms with van der Waals surface area (Å²) in [5.41, 5.74) is 5.09. The minimum Gasteiger partial charge on any atom is -0.310 e. The molecule has 0 atom stereocenters. The van der Waals surface area contributed by atoms with Crippen LogP contribution in [0.3, 0.4) is 0 Å². The van der Waals surface area contributed by atoms with Crippen molar-refractivity contribution in [2.75, 3.05) is 11.4 Å². The van der Waals surface area contributed by atoms with Gasteiger partial charge >= 0.3 is 0 Å². The molecule has 0 saturated heterocycles. The van der Waals surface area contributed by atoms with E-state index in [-0.39, 0.29) is 0 Å². The molecule has 4 heterocycles. The highest BCUT2D eigenvalue weighted by atomic mass is 32.1. The van der Waals surface area contributed by atoms with Crippen molar-refractivity contribution in [3.05, 3.63) is 42.2 Å². The zero-order valence-electron chi connectivity index (χ0n) is 10.9. The lowest BCUT2D eigenvalue weighted by molar-refractivity contribution is 0.967. The first kappa shape index (κ1) is 11.5. The molecule has 4 nitrogen and oxygen atoms in total. The number of fused-ring (bicyclic) bond motifs is 5. The van der Waals surface area contributed by atoms with Crippen molar-refractivity contribution in [2.24, 2.45) is 0 Å². The number of hydrogen-bond donors (Lipinski definition) is 0. The van der Waals surface area contributed by atoms with E-state index in [4.69, 9.17) is 0 Å². The normalized spacial score (nSPS) is 12.3. The Morgan fingerprint density at radius 2 is 1.70 bits per heavy atom. The van der Waals surface area contributed by atoms with Crippen molar-refractivity contribution < 1.29 is 0 Å². The van der Waals surface area contributed by atoms with Crippen LogP contribution in [0, 0.1) is 0 Å². The van der Waals surface area contributed by atoms with Crippen molar-refractivity contribution >= 4 is 23.0 Å². The Labute approximate surface area is 120 Å². The minimum atomic E-state index is 0.822. The van der Waals surface area contributed by atoms with Gasteiger partial charge in [0.1, 0.15) is 11.6 Å². The molecule has 0 aromatic carbocycles. The third-order valence-electron chi connectivity index (χ3n) is 3.47. The molecular weight excluding hydrogens is 268 g/mol. The van der Waals surface area contributed by atoms with Crippen LogP contribution in [0.4, 0.5) is 11.6 Å². The maximum atomic E-state index is 4.57. The molecular formula is C15H12N4S. The lowest BCUT2D eigenvalue weighted by Gasteiger charge is -2.22. The Morgan fingerprint density at radius 1 is 1.00 bits per heavy atom. The molecule has 0 radical (unpaired) electrons. The zero-order chi connectivity index (χ0) is 13.5. The van der Waals surface area contributed by atoms with Gasteiger partial charge in [-0.3, -0.25) is 0 Å². The van der Waals surface area contributed by atoms with E-state index in [1.165, 1.54) is 4.88 Å². The standard InChI is InChI=1S/C15H12N4S/c1-2-19-14-10(5-3-7-16-14)12-13(20-9-18-12)11-6-4-8-17-15(11)19/h3-9H,2H2,1H3. The largest absolute Gasteiger partial charge is 0.310 e. The monoisotopic (exact) mass is 280 g/mol. The molecule has 0 N–H and O–H groups in total. The maximum Gasteiger partial charge on any atom is 0.143 e. The average molecular weight is 280 g/mol. The topological polar surface area (TPSA) is 41.9 Å². The first-order chi connectivity index (χ1) is 9.90. The quantitative estimate of drug-likeness (QED) is 0.681. The van der Waals surface area contributed by atoms with Crippen LogP contribution in [0.1, 0.15) is 6.92 Å². The fraction of sp³-hybridized carbons (Fsp3) is 0.133. The van der Waals surface area contributed by atoms with E-state index < -0.39 is 0 Å². The summed E-state index contributed by atoms with van der Waals surface area (Å²) in [5.74, 6) is 1.89. The van der Waals surface area contributed by atoms with Gasteiger partial charge in [-0.25, -0.2) is 15.0 Å². The molecule has 20 heavy (non-hydrogen) atoms. The van der Waals surface area contributed by atoms with Crippen LogP contribution in [0.2, 0.25) is 0 Å². The van der Waals surface area contributed by atoms with E-state index in [1.54, 1.807) is 11.3 Å². The third-order valence-corrected chi connectivity index (χ3v) is 4.33. The number of hydrogen-bond acceptors (Lipinski definition) is 5. The number of thiazole rings is 1. The van der Waals surface area contributed by atoms with Gasteiger partial charge in [0.25, 0.3) is 0 Å². The van der Waals surface area contributed by atoms with E-state index in [0.717, 1.165) is 35.0 Å². The number of pyridine rings is 2. The Kier molecular flexibility index (Phi) is 2.53. The van der Waals surface area contributed by atoms with Gasteiger partial charge in [-0.15, -0.1) is 11.3 Å². The van der Waals surface area contributed by atoms with Crippen LogP contribution in [0.5, 0.6) is 0 Å². The summed E-state index contributed by atoms with van der Waals surface area (Å²) in [6.45, 7) is 2.94. The average Bonchev–Trinajstić information content (AvgIpc) is 2.95. The second-order valence-corrected chi connectivity index (χ2v) is 5.38. The molecule has 98 valence electrons. The smallest absolute Gasteiger partial charge is 0.143 e. The first-order valence-corrected chi connectivity index (χ1v) is 7.40. The van der Waals surface area contributed by atoms with E-state index in [1.807, 2.05) is 30.0 Å². The molecule has 0 aliphatic carbocycles. The lowest BCUT2D eigenvalue weighted by Crippen LogP contribution is -2.19. The van der Waals surface area contributed by atoms with Crippen molar-refractivity contribution in [1.82, 2.24) is 15.0 Å². The second kappa shape index (κ2) is 4.38. The molecule has 3 aromatic heterocycles. The highest BCUT2D eigenvalue weighted by Gasteiger charge is 2.27. The molecule has 0 unspecified atom stereocenters. The molecule has 1 aliphatic rings. The first-order valence-electron chi connectivity index (χ1n) is 6.52. The van der Waals surface area contributed by atoms with E-state index in [2.05, 4.69) is 38.9 Å². The fourth-order valence-corrected chi connectivity index (χ4v) is 3.44. The predicted molar refractivity (Wildman–Crippen MR) is 81.3 cm³/mol. The fourth-order valence-electron chi connectivity index (χ4n) is 2.62. The maximum absolute atomic E-state index is 4.57. The van der Waals surface area contributed by atoms with Crippen LogP contribution in [0.15, 0.2) is 42.2 Å². The van der Waals surface area contributed by atoms with Gasteiger partial charge in [0, 0.05) is 30.1 Å². The van der Waals surface area contributed by atoms with Gasteiger partial charge in [-0.2, -0.15) is 0 Å². The zero-order valence-corrected chi connectivity index (χ0v) is 11.8. The molecule has 3 aromatic rings. The highest BCUT2D eigenvalue weighted by molar-refractivity contribution is 7.13. The van der Waals surface area contributed by atoms with Crippen molar-refractivity contribution in [3.8, 4) is 21.7 Å². The highest BCUT2D eigenvalue weighted by Crippen LogP contribution is 2.46. The van der Waals surface area contributed by atoms with E-state index in [0.29, 0.717) is 0 Å². The summed E-state index contributed by atoms with van der Waals surface area (Å²) >= 11 is 1.65. The van der Waals surface area contributed by atoms with Gasteiger partial charge in [0.15, 0.2) is 0 Å². The Balaban J connectivity index is 2.14. The molecule has 0 fully saturated rings. The number of rotatable bonds is 1. The molecule has 0 amide bonds. The van der Waals surface area contributed by atoms with Gasteiger partial charge < -0.3 is 4.90 Å². The minimum absolute atomic E-state index is 0.822. The van der Waals surface area contributed by atoms with Gasteiger partial charge in [0.2, 0.25) is 0 Å². The summed E-state index contributed by atoms with van der Waals surface area (Å²) in [6.07, 6.45) is 3.65. The molecule has 0 bridgehead atoms. The van der Waals surface area contributed by atoms with Gasteiger partial charge in [-0.1, -0.05) is 0 Å². The number of nitrogens with zero attached hydrogens (tertiary/aromatic N) is 4. The molecule has 0 spiro atoms. The molecule has 5 heteroatoms. The summed E-state index contributed by atoms with van der Waals surface area (Å²) < 4.78 is 0. The van der Waals surface area contributed by atoms with Gasteiger partial charge in [0.05, 0.1) is 16.1 Å². The van der Waals surface area contributed by atoms with Crippen LogP contribution >= 0.6 is 11.3 Å². The summed E-state index contributed by atoms with van der Waals surface area (Å²) in [5, 5.41) is 0. The SMILES string of the molecule is CCN1c2ncccc2-c2ncsc2-c2cccnc21. The van der Waals surface area contributed by atoms with Crippen molar-refractivity contribution in [1.29, 1.82) is 0 Å². The summed E-state index contributed by atoms with van der Waals surface area (Å²) in [6, 6.07) is 8.11. The van der Waals surface area contributed by atoms with Crippen LogP contribution < -0.4 is 4.90 Å². The van der Waals surface area contributed by atoms with Crippen LogP contribution in [-0.4, -0.2) is 21.5 Å². The molecule has 0 saturated carbocycles. The van der Waals surface area contributed by atoms with E-state index in [9.17, 15) is 0 Å². The predicted octanol–water partition coefficient (Wildman–Crippen LogP) is 3.74. The summed E-state index contributed by atoms with van der Waals surface area (Å²) in [4.78, 5) is 17.0. The lowest BCUT2D eigenvalue weighted by atomic mass is 10.1. The van der Waals surface area contributed by atoms with Crippen LogP contribution in [0.25, 0.3) is 21.7 Å². The second-order valence-electron chi connectivity index (χ2n) is 4.52. The summed E-state index contributed by atoms with van der Waals surface area (Å²) in [7, 11) is 0. The van der Waals surface area contributed by atoms with Crippen molar-refractivity contribution in [3.63, 3.8) is 0 Å². The third kappa shape index (κ3) is 1.50. The number of aromatic nitrogens is 3. The van der Waals surface area contributed by atoms with E-state index >= 15 is 0 Å². The van der Waals surface area contributed by atoms with Crippen LogP contribution in [-0.2, 0) is 0 Å². The van der Waals surface area contributed by atoms with Crippen molar-refractivity contribution in [2.45, 2.75) is 6.92 Å². The Hall–Kier alpha value is -2.27. The molecule has 1 aliphatic heterocycles. The number of anilines is 2. The molecule has 4 rings (SSSR count). The van der Waals surface area contributed by atoms with Gasteiger partial charge in [-0.05, 0) is 31.2 Å².